The van der Waals surface area contributed by atoms with Gasteiger partial charge in [-0.15, -0.1) is 0 Å². The van der Waals surface area contributed by atoms with Crippen LogP contribution in [0.3, 0.4) is 0 Å². The molecule has 3 rings (SSSR count). The van der Waals surface area contributed by atoms with Gasteiger partial charge >= 0.3 is 5.97 Å². The molecule has 6 nitrogen and oxygen atoms in total. The molecular formula is C18H16BN3O3. The van der Waals surface area contributed by atoms with Crippen LogP contribution in [-0.2, 0) is 0 Å². The monoisotopic (exact) mass is 333 g/mol. The van der Waals surface area contributed by atoms with Gasteiger partial charge in [0, 0.05) is 17.5 Å². The number of nitrogens with zero attached hydrogens (tertiary/aromatic N) is 2. The topological polar surface area (TPSA) is 84.2 Å². The van der Waals surface area contributed by atoms with Crippen LogP contribution in [0.15, 0.2) is 54.9 Å². The van der Waals surface area contributed by atoms with Crippen LogP contribution in [0.5, 0.6) is 0 Å². The maximum atomic E-state index is 12.4. The van der Waals surface area contributed by atoms with Crippen molar-refractivity contribution in [2.75, 3.05) is 5.32 Å². The number of carbonyl (C=O) groups is 2. The van der Waals surface area contributed by atoms with Crippen molar-refractivity contribution >= 4 is 30.9 Å². The van der Waals surface area contributed by atoms with Crippen LogP contribution in [0.4, 0.5) is 5.69 Å². The molecule has 2 heterocycles. The Morgan fingerprint density at radius 3 is 2.44 bits per heavy atom. The number of amides is 1. The Hall–Kier alpha value is -3.35. The number of rotatable bonds is 4. The molecule has 25 heavy (non-hydrogen) atoms. The lowest BCUT2D eigenvalue weighted by atomic mass is 9.95. The zero-order valence-corrected chi connectivity index (χ0v) is 13.9. The maximum Gasteiger partial charge on any atom is 0.355 e. The first-order valence-corrected chi connectivity index (χ1v) is 7.71. The van der Waals surface area contributed by atoms with Crippen LogP contribution in [-0.4, -0.2) is 34.4 Å². The zero-order chi connectivity index (χ0) is 18.0. The molecule has 0 saturated heterocycles. The van der Waals surface area contributed by atoms with Crippen molar-refractivity contribution in [1.82, 2.24) is 9.55 Å². The molecule has 7 heteroatoms. The van der Waals surface area contributed by atoms with Crippen molar-refractivity contribution in [1.29, 1.82) is 0 Å². The highest BCUT2D eigenvalue weighted by molar-refractivity contribution is 6.32. The van der Waals surface area contributed by atoms with Crippen LogP contribution >= 0.6 is 0 Å². The fraction of sp³-hybridized carbons (Fsp3) is 0.0556. The lowest BCUT2D eigenvalue weighted by Crippen LogP contribution is -2.16. The SMILES string of the molecule is Bc1ccc(C(=O)Nc2ccn(-c3ccc(C)nc3)c2C(=O)O)cc1. The van der Waals surface area contributed by atoms with Gasteiger partial charge in [0.05, 0.1) is 17.6 Å². The first kappa shape index (κ1) is 16.5. The van der Waals surface area contributed by atoms with E-state index in [1.54, 1.807) is 42.7 Å². The Morgan fingerprint density at radius 2 is 1.84 bits per heavy atom. The minimum Gasteiger partial charge on any atom is -0.476 e. The summed E-state index contributed by atoms with van der Waals surface area (Å²) in [5.41, 5.74) is 3.16. The van der Waals surface area contributed by atoms with Crippen molar-refractivity contribution in [3.05, 3.63) is 71.8 Å². The normalized spacial score (nSPS) is 10.4. The third-order valence-corrected chi connectivity index (χ3v) is 3.82. The predicted molar refractivity (Wildman–Crippen MR) is 97.8 cm³/mol. The molecule has 0 radical (unpaired) electrons. The van der Waals surface area contributed by atoms with Crippen molar-refractivity contribution in [2.24, 2.45) is 0 Å². The van der Waals surface area contributed by atoms with Crippen molar-refractivity contribution < 1.29 is 14.7 Å². The number of carboxylic acids is 1. The first-order chi connectivity index (χ1) is 12.0. The number of pyridine rings is 1. The molecular weight excluding hydrogens is 317 g/mol. The number of aryl methyl sites for hydroxylation is 1. The van der Waals surface area contributed by atoms with Gasteiger partial charge in [0.25, 0.3) is 5.91 Å². The molecule has 1 amide bonds. The summed E-state index contributed by atoms with van der Waals surface area (Å²) < 4.78 is 1.49. The number of hydrogen-bond acceptors (Lipinski definition) is 3. The van der Waals surface area contributed by atoms with Gasteiger partial charge in [-0.05, 0) is 25.1 Å². The van der Waals surface area contributed by atoms with E-state index in [1.165, 1.54) is 4.57 Å². The first-order valence-electron chi connectivity index (χ1n) is 7.71. The summed E-state index contributed by atoms with van der Waals surface area (Å²) in [5.74, 6) is -1.49. The molecule has 3 aromatic rings. The lowest BCUT2D eigenvalue weighted by Gasteiger charge is -2.09. The third-order valence-electron chi connectivity index (χ3n) is 3.82. The van der Waals surface area contributed by atoms with E-state index in [4.69, 9.17) is 0 Å². The minimum absolute atomic E-state index is 0.0221. The number of benzene rings is 1. The molecule has 0 fully saturated rings. The summed E-state index contributed by atoms with van der Waals surface area (Å²) in [6, 6.07) is 12.2. The van der Waals surface area contributed by atoms with E-state index in [-0.39, 0.29) is 17.3 Å². The van der Waals surface area contributed by atoms with E-state index >= 15 is 0 Å². The van der Waals surface area contributed by atoms with Gasteiger partial charge < -0.3 is 15.0 Å². The minimum atomic E-state index is -1.13. The standard InChI is InChI=1S/C18H16BN3O3/c1-11-2-7-14(10-20-11)22-9-8-15(16(22)18(24)25)21-17(23)12-3-5-13(19)6-4-12/h2-10H,19H2,1H3,(H,21,23)(H,24,25). The van der Waals surface area contributed by atoms with E-state index in [0.717, 1.165) is 11.2 Å². The fourth-order valence-corrected chi connectivity index (χ4v) is 2.47. The summed E-state index contributed by atoms with van der Waals surface area (Å²) in [7, 11) is 1.93. The molecule has 0 spiro atoms. The van der Waals surface area contributed by atoms with E-state index in [2.05, 4.69) is 10.3 Å². The molecule has 1 aromatic carbocycles. The number of aromatic carboxylic acids is 1. The highest BCUT2D eigenvalue weighted by Crippen LogP contribution is 2.22. The van der Waals surface area contributed by atoms with E-state index in [1.807, 2.05) is 26.9 Å². The quantitative estimate of drug-likeness (QED) is 0.707. The van der Waals surface area contributed by atoms with Crippen LogP contribution < -0.4 is 10.8 Å². The lowest BCUT2D eigenvalue weighted by molar-refractivity contribution is 0.0689. The number of carboxylic acid groups (broad SMARTS) is 1. The second-order valence-corrected chi connectivity index (χ2v) is 5.73. The molecule has 0 aliphatic heterocycles. The van der Waals surface area contributed by atoms with Gasteiger partial charge in [0.2, 0.25) is 0 Å². The maximum absolute atomic E-state index is 12.4. The van der Waals surface area contributed by atoms with Crippen LogP contribution in [0.2, 0.25) is 0 Å². The summed E-state index contributed by atoms with van der Waals surface area (Å²) in [6.07, 6.45) is 3.19. The van der Waals surface area contributed by atoms with Crippen LogP contribution in [0, 0.1) is 6.92 Å². The second-order valence-electron chi connectivity index (χ2n) is 5.73. The summed E-state index contributed by atoms with van der Waals surface area (Å²) in [5, 5.41) is 12.2. The van der Waals surface area contributed by atoms with Gasteiger partial charge in [0.1, 0.15) is 7.85 Å². The van der Waals surface area contributed by atoms with E-state index in [9.17, 15) is 14.7 Å². The molecule has 0 saturated carbocycles. The van der Waals surface area contributed by atoms with Gasteiger partial charge in [-0.2, -0.15) is 0 Å². The number of hydrogen-bond donors (Lipinski definition) is 2. The third kappa shape index (κ3) is 3.45. The average Bonchev–Trinajstić information content (AvgIpc) is 3.00. The van der Waals surface area contributed by atoms with Crippen LogP contribution in [0.25, 0.3) is 5.69 Å². The molecule has 124 valence electrons. The van der Waals surface area contributed by atoms with Crippen molar-refractivity contribution in [2.45, 2.75) is 6.92 Å². The number of anilines is 1. The highest BCUT2D eigenvalue weighted by atomic mass is 16.4. The summed E-state index contributed by atoms with van der Waals surface area (Å²) >= 11 is 0. The summed E-state index contributed by atoms with van der Waals surface area (Å²) in [4.78, 5) is 28.3. The Bertz CT molecular complexity index is 931. The van der Waals surface area contributed by atoms with E-state index in [0.29, 0.717) is 11.3 Å². The molecule has 2 aromatic heterocycles. The number of nitrogens with one attached hydrogen (secondary N) is 1. The van der Waals surface area contributed by atoms with Gasteiger partial charge in [0.15, 0.2) is 5.69 Å². The van der Waals surface area contributed by atoms with Crippen molar-refractivity contribution in [3.8, 4) is 5.69 Å². The summed E-state index contributed by atoms with van der Waals surface area (Å²) in [6.45, 7) is 1.85. The van der Waals surface area contributed by atoms with Gasteiger partial charge in [-0.3, -0.25) is 9.78 Å². The Balaban J connectivity index is 1.94. The zero-order valence-electron chi connectivity index (χ0n) is 13.9. The smallest absolute Gasteiger partial charge is 0.355 e. The highest BCUT2D eigenvalue weighted by Gasteiger charge is 2.19. The second kappa shape index (κ2) is 6.64. The molecule has 0 bridgehead atoms. The Kier molecular flexibility index (Phi) is 4.39. The van der Waals surface area contributed by atoms with Crippen molar-refractivity contribution in [3.63, 3.8) is 0 Å². The number of aromatic nitrogens is 2. The Labute approximate surface area is 145 Å². The Morgan fingerprint density at radius 1 is 1.12 bits per heavy atom. The van der Waals surface area contributed by atoms with Gasteiger partial charge in [-0.25, -0.2) is 4.79 Å². The van der Waals surface area contributed by atoms with Crippen LogP contribution in [0.1, 0.15) is 26.5 Å². The molecule has 0 aliphatic rings. The average molecular weight is 333 g/mol. The van der Waals surface area contributed by atoms with Gasteiger partial charge in [-0.1, -0.05) is 29.7 Å². The predicted octanol–water partition coefficient (Wildman–Crippen LogP) is 1.39. The fourth-order valence-electron chi connectivity index (χ4n) is 2.47. The largest absolute Gasteiger partial charge is 0.476 e. The molecule has 2 N–H and O–H groups in total. The molecule has 0 unspecified atom stereocenters. The molecule has 0 aliphatic carbocycles. The van der Waals surface area contributed by atoms with E-state index < -0.39 is 5.97 Å². The number of carbonyl (C=O) groups excluding carboxylic acids is 1. The molecule has 0 atom stereocenters.